The summed E-state index contributed by atoms with van der Waals surface area (Å²) >= 11 is 0. The highest BCUT2D eigenvalue weighted by atomic mass is 16.5. The normalized spacial score (nSPS) is 17.0. The third-order valence-corrected chi connectivity index (χ3v) is 12.8. The summed E-state index contributed by atoms with van der Waals surface area (Å²) in [6.45, 7) is 3.83. The zero-order valence-electron chi connectivity index (χ0n) is 36.6. The van der Waals surface area contributed by atoms with Crippen LogP contribution in [0.25, 0.3) is 10.9 Å². The van der Waals surface area contributed by atoms with Gasteiger partial charge in [-0.1, -0.05) is 84.9 Å². The molecule has 2 fully saturated rings. The number of rotatable bonds is 17. The van der Waals surface area contributed by atoms with Gasteiger partial charge in [-0.25, -0.2) is 4.79 Å². The first kappa shape index (κ1) is 45.7. The Morgan fingerprint density at radius 2 is 1.59 bits per heavy atom. The Balaban J connectivity index is 0.805. The van der Waals surface area contributed by atoms with E-state index in [-0.39, 0.29) is 53.2 Å². The molecule has 0 bridgehead atoms. The van der Waals surface area contributed by atoms with E-state index in [1.807, 2.05) is 30.3 Å². The Morgan fingerprint density at radius 3 is 2.36 bits per heavy atom. The molecule has 2 aliphatic rings. The van der Waals surface area contributed by atoms with Gasteiger partial charge in [0.2, 0.25) is 11.2 Å². The van der Waals surface area contributed by atoms with Crippen molar-refractivity contribution in [3.8, 4) is 11.5 Å². The van der Waals surface area contributed by atoms with Crippen LogP contribution in [0.2, 0.25) is 0 Å². The number of nitrogens with zero attached hydrogens (tertiary/aromatic N) is 2. The van der Waals surface area contributed by atoms with E-state index in [1.165, 1.54) is 23.8 Å². The minimum atomic E-state index is -2.36. The maximum atomic E-state index is 13.4. The molecule has 66 heavy (non-hydrogen) atoms. The van der Waals surface area contributed by atoms with Crippen LogP contribution in [0.5, 0.6) is 11.5 Å². The Bertz CT molecular complexity index is 2720. The summed E-state index contributed by atoms with van der Waals surface area (Å²) in [4.78, 5) is 57.9. The fraction of sp³-hybridized carbons (Fsp3) is 0.308. The van der Waals surface area contributed by atoms with E-state index in [2.05, 4.69) is 44.8 Å². The molecule has 3 atom stereocenters. The van der Waals surface area contributed by atoms with Gasteiger partial charge in [-0.3, -0.25) is 19.3 Å². The molecule has 8 rings (SSSR count). The number of phenols is 1. The average molecular weight is 894 g/mol. The number of carboxylic acids is 1. The quantitative estimate of drug-likeness (QED) is 0.0631. The molecule has 0 spiro atoms. The number of aromatic hydroxyl groups is 1. The van der Waals surface area contributed by atoms with Gasteiger partial charge in [0, 0.05) is 66.9 Å². The molecule has 0 unspecified atom stereocenters. The summed E-state index contributed by atoms with van der Waals surface area (Å²) in [5.41, 5.74) is 2.00. The number of hydrogen-bond acceptors (Lipinski definition) is 10. The molecule has 0 aliphatic carbocycles. The minimum absolute atomic E-state index is 0.0784. The van der Waals surface area contributed by atoms with Gasteiger partial charge >= 0.3 is 5.97 Å². The van der Waals surface area contributed by atoms with Crippen LogP contribution in [0.15, 0.2) is 132 Å². The molecule has 0 radical (unpaired) electrons. The summed E-state index contributed by atoms with van der Waals surface area (Å²) in [6.07, 6.45) is 2.21. The first-order valence-electron chi connectivity index (χ1n) is 22.4. The summed E-state index contributed by atoms with van der Waals surface area (Å²) in [7, 11) is 0. The third kappa shape index (κ3) is 10.6. The van der Waals surface area contributed by atoms with Crippen LogP contribution in [-0.2, 0) is 34.7 Å². The van der Waals surface area contributed by atoms with Crippen molar-refractivity contribution in [2.45, 2.75) is 56.5 Å². The van der Waals surface area contributed by atoms with Crippen LogP contribution >= 0.6 is 0 Å². The molecule has 14 nitrogen and oxygen atoms in total. The lowest BCUT2D eigenvalue weighted by Gasteiger charge is -2.33. The molecule has 2 saturated heterocycles. The van der Waals surface area contributed by atoms with Gasteiger partial charge in [0.1, 0.15) is 11.5 Å². The molecular formula is C52H55N5O9. The lowest BCUT2D eigenvalue weighted by molar-refractivity contribution is -0.155. The summed E-state index contributed by atoms with van der Waals surface area (Å²) < 4.78 is 5.84. The molecular weight excluding hydrogens is 839 g/mol. The number of carbonyl (C=O) groups excluding carboxylic acids is 2. The second kappa shape index (κ2) is 20.6. The van der Waals surface area contributed by atoms with Crippen molar-refractivity contribution in [1.29, 1.82) is 0 Å². The van der Waals surface area contributed by atoms with Crippen molar-refractivity contribution in [1.82, 2.24) is 25.4 Å². The zero-order chi connectivity index (χ0) is 46.2. The van der Waals surface area contributed by atoms with Crippen LogP contribution in [0, 0.1) is 5.92 Å². The van der Waals surface area contributed by atoms with E-state index in [4.69, 9.17) is 4.74 Å². The Kier molecular flexibility index (Phi) is 14.2. The van der Waals surface area contributed by atoms with E-state index >= 15 is 0 Å². The smallest absolute Gasteiger partial charge is 0.345 e. The number of aliphatic hydroxyl groups excluding tert-OH is 1. The van der Waals surface area contributed by atoms with Crippen molar-refractivity contribution >= 4 is 28.7 Å². The van der Waals surface area contributed by atoms with Crippen LogP contribution in [0.4, 0.5) is 0 Å². The minimum Gasteiger partial charge on any atom is -0.506 e. The van der Waals surface area contributed by atoms with Crippen LogP contribution in [0.3, 0.4) is 0 Å². The Labute approximate surface area is 382 Å². The van der Waals surface area contributed by atoms with Crippen molar-refractivity contribution < 1.29 is 39.5 Å². The number of aromatic nitrogens is 1. The van der Waals surface area contributed by atoms with Gasteiger partial charge in [0.05, 0.1) is 11.6 Å². The van der Waals surface area contributed by atoms with Gasteiger partial charge in [-0.15, -0.1) is 0 Å². The predicted molar refractivity (Wildman–Crippen MR) is 249 cm³/mol. The molecule has 2 amide bonds. The number of amides is 2. The molecule has 7 N–H and O–H groups in total. The number of aliphatic hydroxyl groups is 2. The van der Waals surface area contributed by atoms with E-state index in [0.29, 0.717) is 60.5 Å². The average Bonchev–Trinajstić information content (AvgIpc) is 3.80. The SMILES string of the molecule is O=C(COc1cccc([C@@](O)(C(=O)O)c2ccccc2CC2CCN(Cc3ccccc3)CC2)c1)N[C@H]1CCN(C(=O)c2ccc(CNC[C@H](O)c3ccc(O)c4[nH]c(=O)ccc34)cc2)C1. The second-order valence-corrected chi connectivity index (χ2v) is 17.3. The number of carboxylic acid groups (broad SMARTS) is 1. The first-order valence-corrected chi connectivity index (χ1v) is 22.4. The molecule has 342 valence electrons. The molecule has 2 aliphatic heterocycles. The number of hydrogen-bond donors (Lipinski definition) is 7. The Morgan fingerprint density at radius 1 is 0.833 bits per heavy atom. The number of aromatic amines is 1. The van der Waals surface area contributed by atoms with E-state index < -0.39 is 23.6 Å². The number of piperidine rings is 1. The first-order chi connectivity index (χ1) is 31.9. The number of likely N-dealkylation sites (tertiary alicyclic amines) is 2. The maximum Gasteiger partial charge on any atom is 0.345 e. The molecule has 6 aromatic rings. The van der Waals surface area contributed by atoms with Crippen LogP contribution in [-0.4, -0.2) is 98.4 Å². The summed E-state index contributed by atoms with van der Waals surface area (Å²) in [6, 6.07) is 36.6. The van der Waals surface area contributed by atoms with Crippen LogP contribution < -0.4 is 20.9 Å². The fourth-order valence-electron chi connectivity index (χ4n) is 9.20. The third-order valence-electron chi connectivity index (χ3n) is 12.8. The predicted octanol–water partition coefficient (Wildman–Crippen LogP) is 5.24. The monoisotopic (exact) mass is 893 g/mol. The van der Waals surface area contributed by atoms with E-state index in [0.717, 1.165) is 43.6 Å². The number of pyridine rings is 1. The number of nitrogens with one attached hydrogen (secondary N) is 3. The number of aliphatic carboxylic acids is 1. The van der Waals surface area contributed by atoms with Crippen molar-refractivity contribution in [2.24, 2.45) is 5.92 Å². The van der Waals surface area contributed by atoms with Crippen molar-refractivity contribution in [2.75, 3.05) is 39.3 Å². The maximum absolute atomic E-state index is 13.4. The molecule has 14 heteroatoms. The number of carbonyl (C=O) groups is 3. The van der Waals surface area contributed by atoms with Gasteiger partial charge in [0.25, 0.3) is 11.8 Å². The zero-order valence-corrected chi connectivity index (χ0v) is 36.6. The highest BCUT2D eigenvalue weighted by Crippen LogP contribution is 2.36. The summed E-state index contributed by atoms with van der Waals surface area (Å²) in [5.74, 6) is -1.49. The van der Waals surface area contributed by atoms with Crippen molar-refractivity contribution in [3.05, 3.63) is 177 Å². The molecule has 0 saturated carbocycles. The molecule has 5 aromatic carbocycles. The number of H-pyrrole nitrogens is 1. The highest BCUT2D eigenvalue weighted by Gasteiger charge is 2.42. The van der Waals surface area contributed by atoms with E-state index in [1.54, 1.807) is 59.5 Å². The van der Waals surface area contributed by atoms with Gasteiger partial charge in [-0.2, -0.15) is 0 Å². The number of phenolic OH excluding ortho intramolecular Hbond substituents is 1. The standard InChI is InChI=1S/C52H55N5O9/c58-45-19-17-42(43-18-20-47(60)55-49(43)45)46(59)30-53-29-35-13-15-37(16-14-35)50(62)57-26-23-40(32-57)54-48(61)33-66-41-11-6-10-39(28-41)52(65,51(63)64)44-12-5-4-9-38(44)27-34-21-24-56(25-22-34)31-36-7-2-1-3-8-36/h1-20,28,34,40,46,53,58-59,65H,21-27,29-33H2,(H,54,61)(H,55,60)(H,63,64)/t40-,46-,52-/m0/s1. The lowest BCUT2D eigenvalue weighted by atomic mass is 9.80. The Hall–Kier alpha value is -6.84. The number of fused-ring (bicyclic) bond motifs is 1. The number of benzene rings is 5. The van der Waals surface area contributed by atoms with E-state index in [9.17, 15) is 39.6 Å². The summed E-state index contributed by atoms with van der Waals surface area (Å²) in [5, 5.41) is 50.3. The van der Waals surface area contributed by atoms with Gasteiger partial charge < -0.3 is 45.7 Å². The second-order valence-electron chi connectivity index (χ2n) is 17.3. The fourth-order valence-corrected chi connectivity index (χ4v) is 9.20. The van der Waals surface area contributed by atoms with Gasteiger partial charge in [0.15, 0.2) is 6.61 Å². The van der Waals surface area contributed by atoms with Crippen molar-refractivity contribution in [3.63, 3.8) is 0 Å². The molecule has 1 aromatic heterocycles. The largest absolute Gasteiger partial charge is 0.506 e. The topological polar surface area (TPSA) is 205 Å². The lowest BCUT2D eigenvalue weighted by Crippen LogP contribution is -2.40. The van der Waals surface area contributed by atoms with Crippen LogP contribution in [0.1, 0.15) is 69.1 Å². The van der Waals surface area contributed by atoms with Gasteiger partial charge in [-0.05, 0) is 103 Å². The highest BCUT2D eigenvalue weighted by molar-refractivity contribution is 5.94. The molecule has 3 heterocycles. The number of ether oxygens (including phenoxy) is 1.